The van der Waals surface area contributed by atoms with Gasteiger partial charge in [0, 0.05) is 13.7 Å². The van der Waals surface area contributed by atoms with Gasteiger partial charge in [0.25, 0.3) is 0 Å². The number of hydrogen-bond acceptors (Lipinski definition) is 3. The van der Waals surface area contributed by atoms with Gasteiger partial charge in [-0.25, -0.2) is 0 Å². The molecule has 0 saturated heterocycles. The normalized spacial score (nSPS) is 13.2. The van der Waals surface area contributed by atoms with Crippen LogP contribution >= 0.6 is 0 Å². The minimum Gasteiger partial charge on any atom is -0.465 e. The van der Waals surface area contributed by atoms with Crippen LogP contribution in [0, 0.1) is 6.92 Å². The van der Waals surface area contributed by atoms with Gasteiger partial charge in [0.15, 0.2) is 0 Å². The zero-order valence-corrected chi connectivity index (χ0v) is 7.54. The smallest absolute Gasteiger partial charge is 0.120 e. The molecule has 0 radical (unpaired) electrons. The summed E-state index contributed by atoms with van der Waals surface area (Å²) in [6.07, 6.45) is 0.795. The molecule has 0 spiro atoms. The lowest BCUT2D eigenvalue weighted by atomic mass is 10.2. The molecule has 1 atom stereocenters. The number of ether oxygens (including phenoxy) is 1. The van der Waals surface area contributed by atoms with Crippen molar-refractivity contribution in [3.05, 3.63) is 23.7 Å². The van der Waals surface area contributed by atoms with Crippen molar-refractivity contribution >= 4 is 0 Å². The van der Waals surface area contributed by atoms with Gasteiger partial charge in [-0.15, -0.1) is 0 Å². The summed E-state index contributed by atoms with van der Waals surface area (Å²) in [5, 5.41) is 0. The van der Waals surface area contributed by atoms with Crippen molar-refractivity contribution in [2.45, 2.75) is 19.4 Å². The third kappa shape index (κ3) is 2.36. The van der Waals surface area contributed by atoms with Gasteiger partial charge >= 0.3 is 0 Å². The van der Waals surface area contributed by atoms with Gasteiger partial charge in [-0.3, -0.25) is 0 Å². The molecule has 0 unspecified atom stereocenters. The SMILES string of the molecule is COCC[C@H](N)c1ccc(C)o1. The third-order valence-electron chi connectivity index (χ3n) is 1.76. The maximum atomic E-state index is 5.82. The molecule has 1 rings (SSSR count). The van der Waals surface area contributed by atoms with Crippen LogP contribution in [0.2, 0.25) is 0 Å². The quantitative estimate of drug-likeness (QED) is 0.745. The first-order chi connectivity index (χ1) is 5.74. The van der Waals surface area contributed by atoms with Crippen molar-refractivity contribution in [3.8, 4) is 0 Å². The van der Waals surface area contributed by atoms with E-state index in [4.69, 9.17) is 14.9 Å². The average molecular weight is 169 g/mol. The van der Waals surface area contributed by atoms with Crippen LogP contribution < -0.4 is 5.73 Å². The molecule has 0 aromatic carbocycles. The van der Waals surface area contributed by atoms with E-state index in [0.717, 1.165) is 17.9 Å². The van der Waals surface area contributed by atoms with Crippen molar-refractivity contribution in [3.63, 3.8) is 0 Å². The first-order valence-electron chi connectivity index (χ1n) is 4.05. The van der Waals surface area contributed by atoms with Gasteiger partial charge in [-0.1, -0.05) is 0 Å². The summed E-state index contributed by atoms with van der Waals surface area (Å²) in [5.74, 6) is 1.74. The third-order valence-corrected chi connectivity index (χ3v) is 1.76. The van der Waals surface area contributed by atoms with E-state index in [9.17, 15) is 0 Å². The molecular formula is C9H15NO2. The lowest BCUT2D eigenvalue weighted by Gasteiger charge is -2.06. The second-order valence-corrected chi connectivity index (χ2v) is 2.84. The average Bonchev–Trinajstić information content (AvgIpc) is 2.47. The minimum atomic E-state index is -0.0429. The Labute approximate surface area is 72.5 Å². The van der Waals surface area contributed by atoms with Gasteiger partial charge in [0.1, 0.15) is 11.5 Å². The highest BCUT2D eigenvalue weighted by Crippen LogP contribution is 2.16. The van der Waals surface area contributed by atoms with Crippen molar-refractivity contribution < 1.29 is 9.15 Å². The van der Waals surface area contributed by atoms with Crippen LogP contribution in [0.1, 0.15) is 24.0 Å². The van der Waals surface area contributed by atoms with Gasteiger partial charge in [-0.2, -0.15) is 0 Å². The van der Waals surface area contributed by atoms with E-state index in [2.05, 4.69) is 0 Å². The first kappa shape index (κ1) is 9.29. The zero-order valence-electron chi connectivity index (χ0n) is 7.54. The molecule has 0 amide bonds. The molecule has 2 N–H and O–H groups in total. The van der Waals surface area contributed by atoms with Crippen molar-refractivity contribution in [1.29, 1.82) is 0 Å². The second kappa shape index (κ2) is 4.28. The maximum Gasteiger partial charge on any atom is 0.120 e. The highest BCUT2D eigenvalue weighted by Gasteiger charge is 2.08. The van der Waals surface area contributed by atoms with Crippen LogP contribution in [0.15, 0.2) is 16.5 Å². The first-order valence-corrected chi connectivity index (χ1v) is 4.05. The largest absolute Gasteiger partial charge is 0.465 e. The molecule has 1 aromatic rings. The Hall–Kier alpha value is -0.800. The molecule has 0 aliphatic carbocycles. The molecule has 68 valence electrons. The van der Waals surface area contributed by atoms with Gasteiger partial charge in [-0.05, 0) is 25.5 Å². The van der Waals surface area contributed by atoms with E-state index >= 15 is 0 Å². The Balaban J connectivity index is 2.47. The van der Waals surface area contributed by atoms with E-state index in [0.29, 0.717) is 6.61 Å². The maximum absolute atomic E-state index is 5.82. The summed E-state index contributed by atoms with van der Waals surface area (Å²) in [6, 6.07) is 3.79. The van der Waals surface area contributed by atoms with Crippen LogP contribution in [-0.4, -0.2) is 13.7 Å². The van der Waals surface area contributed by atoms with Gasteiger partial charge < -0.3 is 14.9 Å². The Bertz CT molecular complexity index is 232. The number of methoxy groups -OCH3 is 1. The Kier molecular flexibility index (Phi) is 3.31. The van der Waals surface area contributed by atoms with E-state index < -0.39 is 0 Å². The molecule has 0 bridgehead atoms. The van der Waals surface area contributed by atoms with Crippen LogP contribution in [0.3, 0.4) is 0 Å². The van der Waals surface area contributed by atoms with Gasteiger partial charge in [0.2, 0.25) is 0 Å². The highest BCUT2D eigenvalue weighted by molar-refractivity contribution is 5.08. The van der Waals surface area contributed by atoms with Crippen molar-refractivity contribution in [1.82, 2.24) is 0 Å². The molecule has 1 heterocycles. The lowest BCUT2D eigenvalue weighted by molar-refractivity contribution is 0.185. The number of hydrogen-bond donors (Lipinski definition) is 1. The minimum absolute atomic E-state index is 0.0429. The molecule has 3 heteroatoms. The number of aryl methyl sites for hydroxylation is 1. The highest BCUT2D eigenvalue weighted by atomic mass is 16.5. The molecule has 1 aromatic heterocycles. The summed E-state index contributed by atoms with van der Waals surface area (Å²) in [7, 11) is 1.67. The summed E-state index contributed by atoms with van der Waals surface area (Å²) in [5.41, 5.74) is 5.82. The zero-order chi connectivity index (χ0) is 8.97. The summed E-state index contributed by atoms with van der Waals surface area (Å²) in [4.78, 5) is 0. The lowest BCUT2D eigenvalue weighted by Crippen LogP contribution is -2.11. The van der Waals surface area contributed by atoms with Crippen LogP contribution in [-0.2, 0) is 4.74 Å². The molecule has 0 aliphatic heterocycles. The van der Waals surface area contributed by atoms with E-state index in [1.165, 1.54) is 0 Å². The summed E-state index contributed by atoms with van der Waals surface area (Å²) < 4.78 is 10.3. The van der Waals surface area contributed by atoms with E-state index in [1.807, 2.05) is 19.1 Å². The van der Waals surface area contributed by atoms with Crippen molar-refractivity contribution in [2.75, 3.05) is 13.7 Å². The molecule has 0 fully saturated rings. The summed E-state index contributed by atoms with van der Waals surface area (Å²) >= 11 is 0. The fourth-order valence-corrected chi connectivity index (χ4v) is 1.04. The molecule has 3 nitrogen and oxygen atoms in total. The Morgan fingerprint density at radius 2 is 2.33 bits per heavy atom. The van der Waals surface area contributed by atoms with Gasteiger partial charge in [0.05, 0.1) is 6.04 Å². The standard InChI is InChI=1S/C9H15NO2/c1-7-3-4-9(12-7)8(10)5-6-11-2/h3-4,8H,5-6,10H2,1-2H3/t8-/m0/s1. The molecule has 0 aliphatic rings. The number of furan rings is 1. The van der Waals surface area contributed by atoms with E-state index in [-0.39, 0.29) is 6.04 Å². The fraction of sp³-hybridized carbons (Fsp3) is 0.556. The number of rotatable bonds is 4. The van der Waals surface area contributed by atoms with E-state index in [1.54, 1.807) is 7.11 Å². The second-order valence-electron chi connectivity index (χ2n) is 2.84. The predicted octanol–water partition coefficient (Wildman–Crippen LogP) is 1.62. The molecular weight excluding hydrogens is 154 g/mol. The predicted molar refractivity (Wildman–Crippen MR) is 46.9 cm³/mol. The monoisotopic (exact) mass is 169 g/mol. The van der Waals surface area contributed by atoms with Crippen LogP contribution in [0.25, 0.3) is 0 Å². The molecule has 12 heavy (non-hydrogen) atoms. The fourth-order valence-electron chi connectivity index (χ4n) is 1.04. The van der Waals surface area contributed by atoms with Crippen LogP contribution in [0.4, 0.5) is 0 Å². The number of nitrogens with two attached hydrogens (primary N) is 1. The van der Waals surface area contributed by atoms with Crippen LogP contribution in [0.5, 0.6) is 0 Å². The van der Waals surface area contributed by atoms with Crippen molar-refractivity contribution in [2.24, 2.45) is 5.73 Å². The Morgan fingerprint density at radius 3 is 2.83 bits per heavy atom. The Morgan fingerprint density at radius 1 is 1.58 bits per heavy atom. The summed E-state index contributed by atoms with van der Waals surface area (Å²) in [6.45, 7) is 2.58. The molecule has 0 saturated carbocycles. The topological polar surface area (TPSA) is 48.4 Å².